The van der Waals surface area contributed by atoms with Crippen molar-refractivity contribution < 1.29 is 14.3 Å². The third-order valence-electron chi connectivity index (χ3n) is 3.52. The molecule has 23 heavy (non-hydrogen) atoms. The van der Waals surface area contributed by atoms with Crippen LogP contribution in [-0.4, -0.2) is 18.3 Å². The first kappa shape index (κ1) is 16.7. The Bertz CT molecular complexity index is 705. The third kappa shape index (κ3) is 4.68. The van der Waals surface area contributed by atoms with E-state index in [1.165, 1.54) is 0 Å². The molecule has 1 N–H and O–H groups in total. The fourth-order valence-corrected chi connectivity index (χ4v) is 2.23. The summed E-state index contributed by atoms with van der Waals surface area (Å²) in [5.41, 5.74) is 3.60. The van der Waals surface area contributed by atoms with Gasteiger partial charge in [0.05, 0.1) is 0 Å². The molecule has 0 aromatic heterocycles. The van der Waals surface area contributed by atoms with Gasteiger partial charge in [0.15, 0.2) is 12.4 Å². The highest BCUT2D eigenvalue weighted by atomic mass is 16.5. The van der Waals surface area contributed by atoms with Crippen LogP contribution in [0.4, 0.5) is 5.69 Å². The van der Waals surface area contributed by atoms with Crippen molar-refractivity contribution in [1.29, 1.82) is 0 Å². The van der Waals surface area contributed by atoms with Gasteiger partial charge in [0, 0.05) is 17.7 Å². The van der Waals surface area contributed by atoms with Gasteiger partial charge in [-0.05, 0) is 49.7 Å². The number of ether oxygens (including phenoxy) is 1. The summed E-state index contributed by atoms with van der Waals surface area (Å²) in [6.07, 6.45) is 0.471. The Morgan fingerprint density at radius 1 is 1.04 bits per heavy atom. The lowest BCUT2D eigenvalue weighted by atomic mass is 10.1. The van der Waals surface area contributed by atoms with E-state index in [4.69, 9.17) is 4.74 Å². The van der Waals surface area contributed by atoms with Gasteiger partial charge in [-0.15, -0.1) is 0 Å². The molecule has 2 aromatic rings. The maximum atomic E-state index is 12.0. The fraction of sp³-hybridized carbons (Fsp3) is 0.263. The van der Waals surface area contributed by atoms with Crippen molar-refractivity contribution in [3.63, 3.8) is 0 Å². The predicted molar refractivity (Wildman–Crippen MR) is 91.1 cm³/mol. The van der Waals surface area contributed by atoms with Gasteiger partial charge in [0.1, 0.15) is 5.75 Å². The number of benzene rings is 2. The minimum absolute atomic E-state index is 0.0750. The zero-order valence-electron chi connectivity index (χ0n) is 13.7. The van der Waals surface area contributed by atoms with Gasteiger partial charge in [-0.1, -0.05) is 24.6 Å². The second-order valence-electron chi connectivity index (χ2n) is 5.46. The smallest absolute Gasteiger partial charge is 0.262 e. The minimum Gasteiger partial charge on any atom is -0.484 e. The maximum absolute atomic E-state index is 12.0. The first-order valence-corrected chi connectivity index (χ1v) is 7.62. The van der Waals surface area contributed by atoms with Gasteiger partial charge in [-0.3, -0.25) is 9.59 Å². The Hall–Kier alpha value is -2.62. The molecule has 0 aliphatic carbocycles. The molecule has 120 valence electrons. The summed E-state index contributed by atoms with van der Waals surface area (Å²) in [6, 6.07) is 12.7. The molecule has 1 amide bonds. The van der Waals surface area contributed by atoms with Crippen molar-refractivity contribution in [1.82, 2.24) is 0 Å². The highest BCUT2D eigenvalue weighted by Crippen LogP contribution is 2.16. The van der Waals surface area contributed by atoms with Gasteiger partial charge in [-0.2, -0.15) is 0 Å². The number of carbonyl (C=O) groups excluding carboxylic acids is 2. The van der Waals surface area contributed by atoms with E-state index in [0.717, 1.165) is 16.8 Å². The highest BCUT2D eigenvalue weighted by Gasteiger charge is 2.07. The van der Waals surface area contributed by atoms with Gasteiger partial charge in [0.25, 0.3) is 5.91 Å². The molecular formula is C19H21NO3. The highest BCUT2D eigenvalue weighted by molar-refractivity contribution is 5.96. The van der Waals surface area contributed by atoms with E-state index in [1.807, 2.05) is 39.0 Å². The molecule has 0 spiro atoms. The molecule has 0 unspecified atom stereocenters. The second kappa shape index (κ2) is 7.58. The van der Waals surface area contributed by atoms with E-state index in [2.05, 4.69) is 5.32 Å². The predicted octanol–water partition coefficient (Wildman–Crippen LogP) is 3.91. The largest absolute Gasteiger partial charge is 0.484 e. The number of carbonyl (C=O) groups is 2. The molecule has 0 aliphatic rings. The lowest BCUT2D eigenvalue weighted by Crippen LogP contribution is -2.20. The zero-order chi connectivity index (χ0) is 16.8. The van der Waals surface area contributed by atoms with Gasteiger partial charge >= 0.3 is 0 Å². The van der Waals surface area contributed by atoms with E-state index >= 15 is 0 Å². The summed E-state index contributed by atoms with van der Waals surface area (Å²) in [6.45, 7) is 5.71. The average molecular weight is 311 g/mol. The summed E-state index contributed by atoms with van der Waals surface area (Å²) in [5.74, 6) is 0.434. The Labute approximate surface area is 136 Å². The summed E-state index contributed by atoms with van der Waals surface area (Å²) < 4.78 is 5.45. The van der Waals surface area contributed by atoms with Crippen molar-refractivity contribution >= 4 is 17.4 Å². The van der Waals surface area contributed by atoms with E-state index < -0.39 is 0 Å². The van der Waals surface area contributed by atoms with E-state index in [-0.39, 0.29) is 18.3 Å². The Morgan fingerprint density at radius 2 is 1.74 bits per heavy atom. The average Bonchev–Trinajstić information content (AvgIpc) is 2.55. The molecule has 0 heterocycles. The van der Waals surface area contributed by atoms with Crippen LogP contribution < -0.4 is 10.1 Å². The van der Waals surface area contributed by atoms with E-state index in [9.17, 15) is 9.59 Å². The van der Waals surface area contributed by atoms with Crippen LogP contribution >= 0.6 is 0 Å². The molecule has 4 nitrogen and oxygen atoms in total. The van der Waals surface area contributed by atoms with Gasteiger partial charge in [-0.25, -0.2) is 0 Å². The third-order valence-corrected chi connectivity index (χ3v) is 3.52. The Balaban J connectivity index is 1.90. The first-order chi connectivity index (χ1) is 11.0. The van der Waals surface area contributed by atoms with Crippen LogP contribution in [0.5, 0.6) is 5.75 Å². The van der Waals surface area contributed by atoms with Crippen LogP contribution in [0.3, 0.4) is 0 Å². The maximum Gasteiger partial charge on any atom is 0.262 e. The molecule has 0 fully saturated rings. The summed E-state index contributed by atoms with van der Waals surface area (Å²) in [4.78, 5) is 23.5. The zero-order valence-corrected chi connectivity index (χ0v) is 13.7. The van der Waals surface area contributed by atoms with Gasteiger partial charge in [0.2, 0.25) is 0 Å². The number of hydrogen-bond donors (Lipinski definition) is 1. The molecule has 4 heteroatoms. The SMILES string of the molecule is CCC(=O)c1ccc(OCC(=O)Nc2ccc(C)cc2C)cc1. The molecule has 0 bridgehead atoms. The molecule has 0 radical (unpaired) electrons. The molecular weight excluding hydrogens is 290 g/mol. The Morgan fingerprint density at radius 3 is 2.35 bits per heavy atom. The number of rotatable bonds is 6. The van der Waals surface area contributed by atoms with Crippen LogP contribution in [0.15, 0.2) is 42.5 Å². The van der Waals surface area contributed by atoms with Crippen molar-refractivity contribution in [3.05, 3.63) is 59.2 Å². The fourth-order valence-electron chi connectivity index (χ4n) is 2.23. The number of anilines is 1. The van der Waals surface area contributed by atoms with Crippen molar-refractivity contribution in [2.45, 2.75) is 27.2 Å². The van der Waals surface area contributed by atoms with Crippen LogP contribution in [0.1, 0.15) is 34.8 Å². The number of nitrogens with one attached hydrogen (secondary N) is 1. The van der Waals surface area contributed by atoms with Crippen molar-refractivity contribution in [2.24, 2.45) is 0 Å². The topological polar surface area (TPSA) is 55.4 Å². The summed E-state index contributed by atoms with van der Waals surface area (Å²) in [7, 11) is 0. The number of Topliss-reactive ketones (excluding diaryl/α,β-unsaturated/α-hetero) is 1. The number of hydrogen-bond acceptors (Lipinski definition) is 3. The van der Waals surface area contributed by atoms with Crippen LogP contribution in [0, 0.1) is 13.8 Å². The normalized spacial score (nSPS) is 10.2. The number of aryl methyl sites for hydroxylation is 2. The van der Waals surface area contributed by atoms with Crippen LogP contribution in [-0.2, 0) is 4.79 Å². The number of ketones is 1. The lowest BCUT2D eigenvalue weighted by molar-refractivity contribution is -0.118. The Kier molecular flexibility index (Phi) is 5.52. The first-order valence-electron chi connectivity index (χ1n) is 7.62. The lowest BCUT2D eigenvalue weighted by Gasteiger charge is -2.10. The molecule has 0 atom stereocenters. The number of amides is 1. The summed E-state index contributed by atoms with van der Waals surface area (Å²) >= 11 is 0. The van der Waals surface area contributed by atoms with Crippen molar-refractivity contribution in [2.75, 3.05) is 11.9 Å². The van der Waals surface area contributed by atoms with Crippen LogP contribution in [0.25, 0.3) is 0 Å². The van der Waals surface area contributed by atoms with Gasteiger partial charge < -0.3 is 10.1 Å². The van der Waals surface area contributed by atoms with Crippen LogP contribution in [0.2, 0.25) is 0 Å². The molecule has 0 saturated heterocycles. The molecule has 0 aliphatic heterocycles. The monoisotopic (exact) mass is 311 g/mol. The minimum atomic E-state index is -0.217. The molecule has 0 saturated carbocycles. The standard InChI is InChI=1S/C19H21NO3/c1-4-18(21)15-6-8-16(9-7-15)23-12-19(22)20-17-10-5-13(2)11-14(17)3/h5-11H,4,12H2,1-3H3,(H,20,22). The van der Waals surface area contributed by atoms with E-state index in [0.29, 0.717) is 17.7 Å². The van der Waals surface area contributed by atoms with Crippen molar-refractivity contribution in [3.8, 4) is 5.75 Å². The molecule has 2 rings (SSSR count). The molecule has 2 aromatic carbocycles. The second-order valence-corrected chi connectivity index (χ2v) is 5.46. The summed E-state index contributed by atoms with van der Waals surface area (Å²) in [5, 5.41) is 2.83. The van der Waals surface area contributed by atoms with E-state index in [1.54, 1.807) is 24.3 Å². The quantitative estimate of drug-likeness (QED) is 0.823.